The summed E-state index contributed by atoms with van der Waals surface area (Å²) >= 11 is 0. The van der Waals surface area contributed by atoms with Gasteiger partial charge in [-0.15, -0.1) is 5.10 Å². The zero-order chi connectivity index (χ0) is 20.2. The summed E-state index contributed by atoms with van der Waals surface area (Å²) in [6, 6.07) is 0.100. The second kappa shape index (κ2) is 6.70. The Balaban J connectivity index is 1.51. The molecular weight excluding hydrogens is 371 g/mol. The van der Waals surface area contributed by atoms with Crippen LogP contribution in [0.2, 0.25) is 0 Å². The van der Waals surface area contributed by atoms with Crippen LogP contribution >= 0.6 is 0 Å². The minimum atomic E-state index is -4.64. The van der Waals surface area contributed by atoms with Crippen LogP contribution in [-0.2, 0) is 17.4 Å². The molecule has 28 heavy (non-hydrogen) atoms. The molecule has 2 heterocycles. The zero-order valence-electron chi connectivity index (χ0n) is 16.2. The van der Waals surface area contributed by atoms with E-state index in [1.165, 1.54) is 25.7 Å². The normalized spacial score (nSPS) is 25.4. The Labute approximate surface area is 160 Å². The summed E-state index contributed by atoms with van der Waals surface area (Å²) in [6.07, 6.45) is 0.439. The van der Waals surface area contributed by atoms with Gasteiger partial charge in [0.05, 0.1) is 6.42 Å². The molecular formula is C19H24F3N5O. The van der Waals surface area contributed by atoms with E-state index < -0.39 is 12.0 Å². The fourth-order valence-corrected chi connectivity index (χ4v) is 5.06. The van der Waals surface area contributed by atoms with E-state index in [9.17, 15) is 18.0 Å². The fourth-order valence-electron chi connectivity index (χ4n) is 5.06. The second-order valence-electron chi connectivity index (χ2n) is 8.28. The van der Waals surface area contributed by atoms with Crippen LogP contribution in [0.4, 0.5) is 13.2 Å². The van der Waals surface area contributed by atoms with Crippen molar-refractivity contribution in [1.29, 1.82) is 0 Å². The smallest absolute Gasteiger partial charge is 0.353 e. The highest BCUT2D eigenvalue weighted by Crippen LogP contribution is 2.49. The van der Waals surface area contributed by atoms with Crippen LogP contribution in [0.3, 0.4) is 0 Å². The van der Waals surface area contributed by atoms with Crippen LogP contribution in [0, 0.1) is 31.6 Å². The van der Waals surface area contributed by atoms with Crippen molar-refractivity contribution in [3.8, 4) is 0 Å². The number of carbonyl (C=O) groups excluding carboxylic acids is 1. The maximum atomic E-state index is 12.9. The van der Waals surface area contributed by atoms with Gasteiger partial charge in [-0.3, -0.25) is 4.79 Å². The van der Waals surface area contributed by atoms with Gasteiger partial charge in [0.1, 0.15) is 0 Å². The molecule has 6 nitrogen and oxygen atoms in total. The SMILES string of the molecule is Cc1nc2nc(C(F)(F)F)nn2c(C)c1CC(=O)N[C@@H](C)[C@H]1C[C@H]2CC[C@H]1C2. The van der Waals surface area contributed by atoms with Crippen LogP contribution in [0.15, 0.2) is 0 Å². The molecule has 4 atom stereocenters. The van der Waals surface area contributed by atoms with Gasteiger partial charge in [0.15, 0.2) is 0 Å². The first-order valence-corrected chi connectivity index (χ1v) is 9.73. The largest absolute Gasteiger partial charge is 0.453 e. The van der Waals surface area contributed by atoms with Crippen molar-refractivity contribution in [1.82, 2.24) is 24.9 Å². The van der Waals surface area contributed by atoms with E-state index >= 15 is 0 Å². The predicted molar refractivity (Wildman–Crippen MR) is 95.5 cm³/mol. The molecule has 0 aromatic carbocycles. The number of nitrogens with zero attached hydrogens (tertiary/aromatic N) is 4. The van der Waals surface area contributed by atoms with Gasteiger partial charge >= 0.3 is 6.18 Å². The minimum Gasteiger partial charge on any atom is -0.353 e. The van der Waals surface area contributed by atoms with Gasteiger partial charge in [0.2, 0.25) is 5.91 Å². The summed E-state index contributed by atoms with van der Waals surface area (Å²) in [4.78, 5) is 20.2. The standard InChI is InChI=1S/C19H24F3N5O/c1-9-14(11(3)27-18(24-9)25-17(26-27)19(20,21)22)8-16(28)23-10(2)15-7-12-4-5-13(15)6-12/h10,12-13,15H,4-8H2,1-3H3,(H,23,28)/t10-,12-,13-,15+/m0/s1. The van der Waals surface area contributed by atoms with Gasteiger partial charge in [-0.25, -0.2) is 9.50 Å². The van der Waals surface area contributed by atoms with Gasteiger partial charge < -0.3 is 5.32 Å². The Morgan fingerprint density at radius 2 is 2.00 bits per heavy atom. The third-order valence-electron chi connectivity index (χ3n) is 6.46. The molecule has 2 aliphatic rings. The molecule has 0 aliphatic heterocycles. The van der Waals surface area contributed by atoms with Crippen molar-refractivity contribution in [3.63, 3.8) is 0 Å². The number of aromatic nitrogens is 4. The number of halogens is 3. The molecule has 2 fully saturated rings. The number of carbonyl (C=O) groups is 1. The van der Waals surface area contributed by atoms with Crippen LogP contribution in [0.25, 0.3) is 5.78 Å². The highest BCUT2D eigenvalue weighted by molar-refractivity contribution is 5.79. The number of alkyl halides is 3. The first kappa shape index (κ1) is 19.1. The van der Waals surface area contributed by atoms with Crippen molar-refractivity contribution >= 4 is 11.7 Å². The first-order chi connectivity index (χ1) is 13.1. The zero-order valence-corrected chi connectivity index (χ0v) is 16.2. The molecule has 2 aromatic rings. The Morgan fingerprint density at radius 1 is 1.25 bits per heavy atom. The van der Waals surface area contributed by atoms with Crippen molar-refractivity contribution in [2.75, 3.05) is 0 Å². The molecule has 0 saturated heterocycles. The number of hydrogen-bond acceptors (Lipinski definition) is 4. The van der Waals surface area contributed by atoms with Gasteiger partial charge in [0, 0.05) is 23.0 Å². The first-order valence-electron chi connectivity index (χ1n) is 9.73. The molecule has 152 valence electrons. The highest BCUT2D eigenvalue weighted by Gasteiger charge is 2.42. The molecule has 2 bridgehead atoms. The fraction of sp³-hybridized carbons (Fsp3) is 0.684. The predicted octanol–water partition coefficient (Wildman–Crippen LogP) is 3.24. The number of hydrogen-bond donors (Lipinski definition) is 1. The third kappa shape index (κ3) is 3.35. The summed E-state index contributed by atoms with van der Waals surface area (Å²) < 4.78 is 39.7. The van der Waals surface area contributed by atoms with Gasteiger partial charge in [-0.1, -0.05) is 6.42 Å². The molecule has 1 amide bonds. The van der Waals surface area contributed by atoms with E-state index in [0.717, 1.165) is 10.4 Å². The number of rotatable bonds is 4. The second-order valence-corrected chi connectivity index (χ2v) is 8.28. The van der Waals surface area contributed by atoms with E-state index in [1.54, 1.807) is 13.8 Å². The third-order valence-corrected chi connectivity index (χ3v) is 6.46. The van der Waals surface area contributed by atoms with Crippen LogP contribution in [0.5, 0.6) is 0 Å². The number of aryl methyl sites for hydroxylation is 2. The lowest BCUT2D eigenvalue weighted by Gasteiger charge is -2.28. The summed E-state index contributed by atoms with van der Waals surface area (Å²) in [5, 5.41) is 6.62. The molecule has 1 N–H and O–H groups in total. The molecule has 4 rings (SSSR count). The van der Waals surface area contributed by atoms with Crippen molar-refractivity contribution in [2.24, 2.45) is 17.8 Å². The molecule has 2 aromatic heterocycles. The number of fused-ring (bicyclic) bond motifs is 3. The Kier molecular flexibility index (Phi) is 4.58. The average molecular weight is 395 g/mol. The highest BCUT2D eigenvalue weighted by atomic mass is 19.4. The lowest BCUT2D eigenvalue weighted by Crippen LogP contribution is -2.41. The topological polar surface area (TPSA) is 72.2 Å². The Morgan fingerprint density at radius 3 is 2.61 bits per heavy atom. The van der Waals surface area contributed by atoms with Crippen LogP contribution in [0.1, 0.15) is 55.4 Å². The van der Waals surface area contributed by atoms with E-state index in [1.807, 2.05) is 0 Å². The summed E-state index contributed by atoms with van der Waals surface area (Å²) in [5.74, 6) is 0.558. The summed E-state index contributed by atoms with van der Waals surface area (Å²) in [6.45, 7) is 5.37. The maximum Gasteiger partial charge on any atom is 0.453 e. The maximum absolute atomic E-state index is 12.9. The number of amides is 1. The summed E-state index contributed by atoms with van der Waals surface area (Å²) in [5.41, 5.74) is 1.53. The van der Waals surface area contributed by atoms with E-state index in [-0.39, 0.29) is 24.1 Å². The van der Waals surface area contributed by atoms with Crippen molar-refractivity contribution < 1.29 is 18.0 Å². The van der Waals surface area contributed by atoms with Gasteiger partial charge in [-0.05, 0) is 57.8 Å². The van der Waals surface area contributed by atoms with Crippen molar-refractivity contribution in [3.05, 3.63) is 22.8 Å². The molecule has 9 heteroatoms. The molecule has 0 radical (unpaired) electrons. The van der Waals surface area contributed by atoms with Crippen molar-refractivity contribution in [2.45, 2.75) is 65.1 Å². The Bertz CT molecular complexity index is 922. The molecule has 2 saturated carbocycles. The van der Waals surface area contributed by atoms with Gasteiger partial charge in [0.25, 0.3) is 11.6 Å². The van der Waals surface area contributed by atoms with Crippen LogP contribution < -0.4 is 5.32 Å². The minimum absolute atomic E-state index is 0.0625. The molecule has 2 aliphatic carbocycles. The van der Waals surface area contributed by atoms with Crippen LogP contribution in [-0.4, -0.2) is 31.5 Å². The average Bonchev–Trinajstić information content (AvgIpc) is 3.32. The monoisotopic (exact) mass is 395 g/mol. The summed E-state index contributed by atoms with van der Waals surface area (Å²) in [7, 11) is 0. The van der Waals surface area contributed by atoms with Gasteiger partial charge in [-0.2, -0.15) is 18.2 Å². The molecule has 0 unspecified atom stereocenters. The van der Waals surface area contributed by atoms with E-state index in [4.69, 9.17) is 0 Å². The Hall–Kier alpha value is -2.19. The number of nitrogens with one attached hydrogen (secondary N) is 1. The quantitative estimate of drug-likeness (QED) is 0.863. The van der Waals surface area contributed by atoms with E-state index in [0.29, 0.717) is 28.8 Å². The molecule has 0 spiro atoms. The van der Waals surface area contributed by atoms with E-state index in [2.05, 4.69) is 27.3 Å². The lowest BCUT2D eigenvalue weighted by atomic mass is 9.84. The lowest BCUT2D eigenvalue weighted by molar-refractivity contribution is -0.144.